The molecule has 5 nitrogen and oxygen atoms in total. The Morgan fingerprint density at radius 3 is 2.43 bits per heavy atom. The standard InChI is InChI=1S/C29H23FN2O3/c30-28-10-9-18(14-31)11-26(28)19-12-20-15-34-16-21(13-19)32(20)29(33)35-17-27-24-7-3-1-5-22(24)23-6-2-4-8-25(23)27/h1-12,20-21,27H,13,15-17H2. The summed E-state index contributed by atoms with van der Waals surface area (Å²) in [6.45, 7) is 0.931. The van der Waals surface area contributed by atoms with Gasteiger partial charge in [-0.1, -0.05) is 54.6 Å². The molecule has 0 aromatic heterocycles. The minimum Gasteiger partial charge on any atom is -0.448 e. The van der Waals surface area contributed by atoms with Crippen LogP contribution in [0.25, 0.3) is 16.7 Å². The second-order valence-electron chi connectivity index (χ2n) is 9.17. The average molecular weight is 467 g/mol. The van der Waals surface area contributed by atoms with Gasteiger partial charge in [0.25, 0.3) is 0 Å². The molecule has 0 N–H and O–H groups in total. The first-order chi connectivity index (χ1) is 17.1. The van der Waals surface area contributed by atoms with E-state index >= 15 is 0 Å². The van der Waals surface area contributed by atoms with Gasteiger partial charge in [0.1, 0.15) is 12.4 Å². The first kappa shape index (κ1) is 21.6. The Balaban J connectivity index is 1.23. The molecule has 2 unspecified atom stereocenters. The van der Waals surface area contributed by atoms with Crippen molar-refractivity contribution in [3.8, 4) is 17.2 Å². The quantitative estimate of drug-likeness (QED) is 0.511. The highest BCUT2D eigenvalue weighted by Crippen LogP contribution is 2.44. The number of nitrogens with zero attached hydrogens (tertiary/aromatic N) is 2. The Kier molecular flexibility index (Phi) is 5.35. The maximum atomic E-state index is 14.6. The third-order valence-electron chi connectivity index (χ3n) is 7.19. The lowest BCUT2D eigenvalue weighted by molar-refractivity contribution is -0.0331. The first-order valence-corrected chi connectivity index (χ1v) is 11.8. The minimum atomic E-state index is -0.383. The first-order valence-electron chi connectivity index (χ1n) is 11.8. The van der Waals surface area contributed by atoms with Gasteiger partial charge in [-0.15, -0.1) is 0 Å². The molecule has 1 amide bonds. The van der Waals surface area contributed by atoms with Gasteiger partial charge in [0.05, 0.1) is 36.9 Å². The molecule has 2 atom stereocenters. The van der Waals surface area contributed by atoms with E-state index in [0.717, 1.165) is 5.57 Å². The van der Waals surface area contributed by atoms with Crippen LogP contribution in [0.1, 0.15) is 34.6 Å². The van der Waals surface area contributed by atoms with Crippen LogP contribution in [0, 0.1) is 17.1 Å². The summed E-state index contributed by atoms with van der Waals surface area (Å²) in [7, 11) is 0. The number of rotatable bonds is 3. The number of halogens is 1. The average Bonchev–Trinajstić information content (AvgIpc) is 3.20. The van der Waals surface area contributed by atoms with E-state index in [1.54, 1.807) is 11.0 Å². The van der Waals surface area contributed by atoms with Crippen molar-refractivity contribution in [1.82, 2.24) is 4.90 Å². The number of nitriles is 1. The molecule has 3 aromatic rings. The van der Waals surface area contributed by atoms with Gasteiger partial charge < -0.3 is 9.47 Å². The predicted octanol–water partition coefficient (Wildman–Crippen LogP) is 5.50. The molecule has 3 aliphatic rings. The van der Waals surface area contributed by atoms with Crippen LogP contribution < -0.4 is 0 Å². The fourth-order valence-electron chi connectivity index (χ4n) is 5.59. The number of benzene rings is 3. The smallest absolute Gasteiger partial charge is 0.410 e. The minimum absolute atomic E-state index is 0.0128. The van der Waals surface area contributed by atoms with E-state index in [4.69, 9.17) is 9.47 Å². The zero-order chi connectivity index (χ0) is 23.9. The van der Waals surface area contributed by atoms with Gasteiger partial charge in [-0.05, 0) is 52.4 Å². The Labute approximate surface area is 203 Å². The summed E-state index contributed by atoms with van der Waals surface area (Å²) in [6, 6.07) is 22.3. The van der Waals surface area contributed by atoms with E-state index in [9.17, 15) is 14.4 Å². The van der Waals surface area contributed by atoms with Crippen LogP contribution in [0.15, 0.2) is 72.8 Å². The summed E-state index contributed by atoms with van der Waals surface area (Å²) in [6.07, 6.45) is 1.93. The summed E-state index contributed by atoms with van der Waals surface area (Å²) in [5, 5.41) is 9.22. The molecule has 6 heteroatoms. The Morgan fingerprint density at radius 2 is 1.74 bits per heavy atom. The second-order valence-corrected chi connectivity index (χ2v) is 9.17. The van der Waals surface area contributed by atoms with Crippen molar-refractivity contribution in [2.24, 2.45) is 0 Å². The molecular formula is C29H23FN2O3. The van der Waals surface area contributed by atoms with Gasteiger partial charge in [-0.3, -0.25) is 4.90 Å². The number of carbonyl (C=O) groups is 1. The van der Waals surface area contributed by atoms with Crippen molar-refractivity contribution in [3.05, 3.63) is 101 Å². The molecule has 0 spiro atoms. The van der Waals surface area contributed by atoms with Gasteiger partial charge in [0.2, 0.25) is 0 Å². The van der Waals surface area contributed by atoms with Crippen molar-refractivity contribution in [2.45, 2.75) is 24.4 Å². The predicted molar refractivity (Wildman–Crippen MR) is 129 cm³/mol. The fourth-order valence-corrected chi connectivity index (χ4v) is 5.59. The van der Waals surface area contributed by atoms with E-state index in [0.29, 0.717) is 30.8 Å². The third kappa shape index (κ3) is 3.69. The summed E-state index contributed by atoms with van der Waals surface area (Å²) < 4.78 is 26.2. The van der Waals surface area contributed by atoms with Crippen molar-refractivity contribution in [2.75, 3.05) is 19.8 Å². The van der Waals surface area contributed by atoms with Crippen LogP contribution >= 0.6 is 0 Å². The van der Waals surface area contributed by atoms with Crippen LogP contribution in [-0.4, -0.2) is 42.9 Å². The number of carbonyl (C=O) groups excluding carboxylic acids is 1. The molecule has 1 aliphatic carbocycles. The van der Waals surface area contributed by atoms with Gasteiger partial charge in [-0.25, -0.2) is 9.18 Å². The molecule has 2 bridgehead atoms. The number of ether oxygens (including phenoxy) is 2. The highest BCUT2D eigenvalue weighted by molar-refractivity contribution is 5.79. The Morgan fingerprint density at radius 1 is 1.03 bits per heavy atom. The highest BCUT2D eigenvalue weighted by atomic mass is 19.1. The molecule has 174 valence electrons. The van der Waals surface area contributed by atoms with Gasteiger partial charge in [-0.2, -0.15) is 5.26 Å². The molecule has 1 fully saturated rings. The van der Waals surface area contributed by atoms with Crippen molar-refractivity contribution >= 4 is 11.7 Å². The van der Waals surface area contributed by atoms with Crippen molar-refractivity contribution < 1.29 is 18.7 Å². The molecule has 0 radical (unpaired) electrons. The maximum absolute atomic E-state index is 14.6. The molecule has 2 aliphatic heterocycles. The molecule has 6 rings (SSSR count). The lowest BCUT2D eigenvalue weighted by atomic mass is 9.89. The number of fused-ring (bicyclic) bond motifs is 5. The SMILES string of the molecule is N#Cc1ccc(F)c(C2=CC3COCC(C2)N3C(=O)OCC2c3ccccc3-c3ccccc32)c1. The summed E-state index contributed by atoms with van der Waals surface area (Å²) in [5.41, 5.74) is 6.30. The topological polar surface area (TPSA) is 62.6 Å². The Bertz CT molecular complexity index is 1350. The number of morpholine rings is 1. The lowest BCUT2D eigenvalue weighted by Gasteiger charge is -2.44. The van der Waals surface area contributed by atoms with Gasteiger partial charge in [0, 0.05) is 11.5 Å². The molecular weight excluding hydrogens is 443 g/mol. The molecule has 2 heterocycles. The van der Waals surface area contributed by atoms with E-state index in [-0.39, 0.29) is 36.5 Å². The van der Waals surface area contributed by atoms with Gasteiger partial charge in [0.15, 0.2) is 0 Å². The van der Waals surface area contributed by atoms with E-state index in [1.165, 1.54) is 34.4 Å². The maximum Gasteiger partial charge on any atom is 0.410 e. The number of hydrogen-bond acceptors (Lipinski definition) is 4. The fraction of sp³-hybridized carbons (Fsp3) is 0.241. The lowest BCUT2D eigenvalue weighted by Crippen LogP contribution is -2.56. The Hall–Kier alpha value is -3.95. The molecule has 1 saturated heterocycles. The zero-order valence-corrected chi connectivity index (χ0v) is 19.0. The van der Waals surface area contributed by atoms with Crippen LogP contribution in [0.5, 0.6) is 0 Å². The van der Waals surface area contributed by atoms with Crippen LogP contribution in [0.4, 0.5) is 9.18 Å². The van der Waals surface area contributed by atoms with Crippen molar-refractivity contribution in [1.29, 1.82) is 5.26 Å². The largest absolute Gasteiger partial charge is 0.448 e. The van der Waals surface area contributed by atoms with Crippen molar-refractivity contribution in [3.63, 3.8) is 0 Å². The number of hydrogen-bond donors (Lipinski definition) is 0. The summed E-state index contributed by atoms with van der Waals surface area (Å²) in [5.74, 6) is -0.384. The normalized spacial score (nSPS) is 20.5. The molecule has 0 saturated carbocycles. The number of amides is 1. The van der Waals surface area contributed by atoms with Crippen LogP contribution in [0.2, 0.25) is 0 Å². The second kappa shape index (κ2) is 8.68. The monoisotopic (exact) mass is 466 g/mol. The van der Waals surface area contributed by atoms with E-state index in [1.807, 2.05) is 30.3 Å². The summed E-state index contributed by atoms with van der Waals surface area (Å²) >= 11 is 0. The molecule has 35 heavy (non-hydrogen) atoms. The van der Waals surface area contributed by atoms with E-state index < -0.39 is 0 Å². The third-order valence-corrected chi connectivity index (χ3v) is 7.19. The van der Waals surface area contributed by atoms with Gasteiger partial charge >= 0.3 is 6.09 Å². The van der Waals surface area contributed by atoms with E-state index in [2.05, 4.69) is 30.3 Å². The zero-order valence-electron chi connectivity index (χ0n) is 19.0. The molecule has 3 aromatic carbocycles. The highest BCUT2D eigenvalue weighted by Gasteiger charge is 2.40. The van der Waals surface area contributed by atoms with Crippen LogP contribution in [0.3, 0.4) is 0 Å². The van der Waals surface area contributed by atoms with Crippen LogP contribution in [-0.2, 0) is 9.47 Å². The summed E-state index contributed by atoms with van der Waals surface area (Å²) in [4.78, 5) is 15.0.